The van der Waals surface area contributed by atoms with Gasteiger partial charge in [0.25, 0.3) is 10.0 Å². The standard InChI is InChI=1S/C10H10Cl4N2O3S/c1-19-4-8(14)10(15)16-20(17,18)9-3-6(12)5(11)2-7(9)13/h2-3,8H,4H2,1H3,(H2,15,16)/t8-/m1/s1. The Morgan fingerprint density at radius 2 is 1.85 bits per heavy atom. The number of hydrogen-bond donors (Lipinski definition) is 1. The highest BCUT2D eigenvalue weighted by atomic mass is 35.5. The maximum Gasteiger partial charge on any atom is 0.285 e. The first-order valence-electron chi connectivity index (χ1n) is 5.07. The molecular weight excluding hydrogens is 370 g/mol. The van der Waals surface area contributed by atoms with E-state index in [4.69, 9.17) is 56.9 Å². The van der Waals surface area contributed by atoms with E-state index in [1.165, 1.54) is 13.2 Å². The first kappa shape index (κ1) is 17.8. The van der Waals surface area contributed by atoms with Gasteiger partial charge in [0, 0.05) is 7.11 Å². The van der Waals surface area contributed by atoms with Crippen LogP contribution in [0.5, 0.6) is 0 Å². The average Bonchev–Trinajstić information content (AvgIpc) is 2.33. The molecule has 0 unspecified atom stereocenters. The molecule has 10 heteroatoms. The van der Waals surface area contributed by atoms with Gasteiger partial charge < -0.3 is 10.5 Å². The van der Waals surface area contributed by atoms with Crippen molar-refractivity contribution in [2.45, 2.75) is 10.3 Å². The van der Waals surface area contributed by atoms with Gasteiger partial charge in [0.2, 0.25) is 0 Å². The molecule has 1 aromatic rings. The monoisotopic (exact) mass is 378 g/mol. The molecule has 5 nitrogen and oxygen atoms in total. The molecule has 0 heterocycles. The lowest BCUT2D eigenvalue weighted by Crippen LogP contribution is -2.29. The quantitative estimate of drug-likeness (QED) is 0.369. The number of halogens is 4. The van der Waals surface area contributed by atoms with Gasteiger partial charge >= 0.3 is 0 Å². The molecule has 0 radical (unpaired) electrons. The number of amidine groups is 1. The van der Waals surface area contributed by atoms with Gasteiger partial charge in [-0.15, -0.1) is 16.0 Å². The van der Waals surface area contributed by atoms with Gasteiger partial charge in [0.05, 0.1) is 21.7 Å². The van der Waals surface area contributed by atoms with Crippen molar-refractivity contribution in [3.8, 4) is 0 Å². The topological polar surface area (TPSA) is 81.8 Å². The fraction of sp³-hybridized carbons (Fsp3) is 0.300. The summed E-state index contributed by atoms with van der Waals surface area (Å²) in [5.74, 6) is -0.310. The number of alkyl halides is 1. The molecule has 0 fully saturated rings. The Hall–Kier alpha value is -0.240. The van der Waals surface area contributed by atoms with E-state index in [1.54, 1.807) is 0 Å². The molecule has 0 saturated carbocycles. The highest BCUT2D eigenvalue weighted by Crippen LogP contribution is 2.32. The number of hydrogen-bond acceptors (Lipinski definition) is 3. The van der Waals surface area contributed by atoms with Crippen LogP contribution in [-0.2, 0) is 14.8 Å². The van der Waals surface area contributed by atoms with E-state index in [9.17, 15) is 8.42 Å². The Balaban J connectivity index is 3.24. The van der Waals surface area contributed by atoms with Crippen LogP contribution in [0.1, 0.15) is 0 Å². The Bertz CT molecular complexity index is 634. The molecule has 1 rings (SSSR count). The third kappa shape index (κ3) is 4.38. The smallest absolute Gasteiger partial charge is 0.285 e. The van der Waals surface area contributed by atoms with Crippen LogP contribution >= 0.6 is 46.4 Å². The summed E-state index contributed by atoms with van der Waals surface area (Å²) < 4.78 is 32.3. The summed E-state index contributed by atoms with van der Waals surface area (Å²) in [7, 11) is -2.75. The molecule has 0 aromatic heterocycles. The predicted molar refractivity (Wildman–Crippen MR) is 81.8 cm³/mol. The second kappa shape index (κ2) is 7.15. The molecule has 0 aliphatic carbocycles. The van der Waals surface area contributed by atoms with E-state index in [0.717, 1.165) is 6.07 Å². The third-order valence-corrected chi connectivity index (χ3v) is 4.95. The molecule has 20 heavy (non-hydrogen) atoms. The summed E-state index contributed by atoms with van der Waals surface area (Å²) in [6, 6.07) is 2.30. The van der Waals surface area contributed by atoms with Crippen molar-refractivity contribution in [1.82, 2.24) is 0 Å². The molecule has 0 aliphatic rings. The number of nitrogens with zero attached hydrogens (tertiary/aromatic N) is 1. The van der Waals surface area contributed by atoms with Crippen LogP contribution in [0.2, 0.25) is 15.1 Å². The minimum absolute atomic E-state index is 0.0154. The summed E-state index contributed by atoms with van der Waals surface area (Å²) in [5, 5.41) is -0.838. The van der Waals surface area contributed by atoms with Crippen LogP contribution in [0.4, 0.5) is 0 Å². The highest BCUT2D eigenvalue weighted by molar-refractivity contribution is 7.90. The summed E-state index contributed by atoms with van der Waals surface area (Å²) in [5.41, 5.74) is 5.50. The van der Waals surface area contributed by atoms with Gasteiger partial charge in [-0.05, 0) is 12.1 Å². The zero-order valence-electron chi connectivity index (χ0n) is 10.1. The van der Waals surface area contributed by atoms with Crippen molar-refractivity contribution >= 4 is 62.3 Å². The number of ether oxygens (including phenoxy) is 1. The Morgan fingerprint density at radius 3 is 2.40 bits per heavy atom. The van der Waals surface area contributed by atoms with Crippen molar-refractivity contribution in [3.05, 3.63) is 27.2 Å². The van der Waals surface area contributed by atoms with E-state index >= 15 is 0 Å². The van der Waals surface area contributed by atoms with Gasteiger partial charge in [-0.3, -0.25) is 0 Å². The molecular formula is C10H10Cl4N2O3S. The lowest BCUT2D eigenvalue weighted by Gasteiger charge is -2.09. The lowest BCUT2D eigenvalue weighted by atomic mass is 10.4. The van der Waals surface area contributed by atoms with Crippen molar-refractivity contribution in [3.63, 3.8) is 0 Å². The molecule has 0 saturated heterocycles. The minimum Gasteiger partial charge on any atom is -0.385 e. The Morgan fingerprint density at radius 1 is 1.30 bits per heavy atom. The van der Waals surface area contributed by atoms with Crippen molar-refractivity contribution < 1.29 is 13.2 Å². The number of sulfonamides is 1. The van der Waals surface area contributed by atoms with Crippen molar-refractivity contribution in [1.29, 1.82) is 0 Å². The minimum atomic E-state index is -4.14. The maximum absolute atomic E-state index is 12.1. The van der Waals surface area contributed by atoms with Crippen LogP contribution in [-0.4, -0.2) is 33.3 Å². The lowest BCUT2D eigenvalue weighted by molar-refractivity contribution is 0.209. The van der Waals surface area contributed by atoms with Crippen LogP contribution in [0, 0.1) is 0 Å². The van der Waals surface area contributed by atoms with Crippen molar-refractivity contribution in [2.24, 2.45) is 10.1 Å². The summed E-state index contributed by atoms with van der Waals surface area (Å²) >= 11 is 23.1. The molecule has 0 bridgehead atoms. The fourth-order valence-electron chi connectivity index (χ4n) is 1.18. The fourth-order valence-corrected chi connectivity index (χ4v) is 3.39. The van der Waals surface area contributed by atoms with Crippen LogP contribution in [0.25, 0.3) is 0 Å². The third-order valence-electron chi connectivity index (χ3n) is 2.11. The molecule has 112 valence electrons. The first-order chi connectivity index (χ1) is 9.19. The van der Waals surface area contributed by atoms with Gasteiger partial charge in [-0.1, -0.05) is 34.8 Å². The van der Waals surface area contributed by atoms with Crippen LogP contribution in [0.3, 0.4) is 0 Å². The van der Waals surface area contributed by atoms with E-state index in [0.29, 0.717) is 0 Å². The number of nitrogens with two attached hydrogens (primary N) is 1. The molecule has 0 spiro atoms. The largest absolute Gasteiger partial charge is 0.385 e. The zero-order chi connectivity index (χ0) is 15.5. The van der Waals surface area contributed by atoms with E-state index in [2.05, 4.69) is 4.40 Å². The second-order valence-corrected chi connectivity index (χ2v) is 6.93. The van der Waals surface area contributed by atoms with Gasteiger partial charge in [-0.25, -0.2) is 0 Å². The second-order valence-electron chi connectivity index (χ2n) is 3.61. The molecule has 1 aromatic carbocycles. The summed E-state index contributed by atoms with van der Waals surface area (Å²) in [6.45, 7) is 0.0154. The van der Waals surface area contributed by atoms with Gasteiger partial charge in [-0.2, -0.15) is 8.42 Å². The average molecular weight is 380 g/mol. The number of benzene rings is 1. The first-order valence-corrected chi connectivity index (χ1v) is 8.08. The Kier molecular flexibility index (Phi) is 6.37. The molecule has 2 N–H and O–H groups in total. The SMILES string of the molecule is COC[C@@H](Cl)C(N)=NS(=O)(=O)c1cc(Cl)c(Cl)cc1Cl. The summed E-state index contributed by atoms with van der Waals surface area (Å²) in [6.07, 6.45) is 0. The van der Waals surface area contributed by atoms with Gasteiger partial charge in [0.15, 0.2) is 0 Å². The normalized spacial score (nSPS) is 14.3. The molecule has 0 amide bonds. The van der Waals surface area contributed by atoms with Crippen LogP contribution < -0.4 is 5.73 Å². The Labute approximate surface area is 136 Å². The van der Waals surface area contributed by atoms with Crippen molar-refractivity contribution in [2.75, 3.05) is 13.7 Å². The van der Waals surface area contributed by atoms with Crippen LogP contribution in [0.15, 0.2) is 21.4 Å². The van der Waals surface area contributed by atoms with E-state index in [-0.39, 0.29) is 32.4 Å². The highest BCUT2D eigenvalue weighted by Gasteiger charge is 2.21. The number of rotatable bonds is 5. The maximum atomic E-state index is 12.1. The van der Waals surface area contributed by atoms with Gasteiger partial charge in [0.1, 0.15) is 16.1 Å². The zero-order valence-corrected chi connectivity index (χ0v) is 13.9. The summed E-state index contributed by atoms with van der Waals surface area (Å²) in [4.78, 5) is -0.308. The predicted octanol–water partition coefficient (Wildman–Crippen LogP) is 2.95. The molecule has 1 atom stereocenters. The van der Waals surface area contributed by atoms with E-state index in [1.807, 2.05) is 0 Å². The number of methoxy groups -OCH3 is 1. The van der Waals surface area contributed by atoms with E-state index < -0.39 is 15.4 Å². The molecule has 0 aliphatic heterocycles.